The van der Waals surface area contributed by atoms with Gasteiger partial charge in [-0.2, -0.15) is 17.6 Å². The summed E-state index contributed by atoms with van der Waals surface area (Å²) >= 11 is 6.20. The maximum atomic E-state index is 13.1. The van der Waals surface area contributed by atoms with Crippen LogP contribution in [0.1, 0.15) is 366 Å². The monoisotopic (exact) mass is 2060 g/mol. The second-order valence-corrected chi connectivity index (χ2v) is 41.6. The van der Waals surface area contributed by atoms with E-state index in [0.717, 1.165) is 57.8 Å². The summed E-state index contributed by atoms with van der Waals surface area (Å²) in [4.78, 5) is 0. The van der Waals surface area contributed by atoms with E-state index in [9.17, 15) is 35.1 Å². The summed E-state index contributed by atoms with van der Waals surface area (Å²) in [5, 5.41) is 11.5. The Bertz CT molecular complexity index is 6760. The lowest BCUT2D eigenvalue weighted by Crippen LogP contribution is -2.20. The van der Waals surface area contributed by atoms with E-state index in [4.69, 9.17) is 29.2 Å². The van der Waals surface area contributed by atoms with E-state index < -0.39 is 30.0 Å². The van der Waals surface area contributed by atoms with Gasteiger partial charge < -0.3 is 14.2 Å². The fraction of sp³-hybridized carbons (Fsp3) is 0.333. The van der Waals surface area contributed by atoms with Crippen LogP contribution in [0, 0.1) is 49.1 Å². The van der Waals surface area contributed by atoms with Crippen LogP contribution < -0.4 is 14.2 Å². The van der Waals surface area contributed by atoms with Crippen LogP contribution in [0.15, 0.2) is 340 Å². The van der Waals surface area contributed by atoms with E-state index in [1.54, 1.807) is 49.4 Å². The number of hydrogen-bond acceptors (Lipinski definition) is 3. The number of benzene rings is 16. The van der Waals surface area contributed by atoms with Crippen LogP contribution in [-0.4, -0.2) is 19.3 Å². The van der Waals surface area contributed by atoms with Gasteiger partial charge >= 0.3 is 12.2 Å². The average Bonchev–Trinajstić information content (AvgIpc) is 0.796. The van der Waals surface area contributed by atoms with Gasteiger partial charge in [0, 0.05) is 24.4 Å². The lowest BCUT2D eigenvalue weighted by Gasteiger charge is -2.15. The number of ether oxygens (including phenoxy) is 3. The van der Waals surface area contributed by atoms with Crippen molar-refractivity contribution in [3.8, 4) is 41.9 Å². The van der Waals surface area contributed by atoms with Crippen molar-refractivity contribution in [3.05, 3.63) is 457 Å². The fourth-order valence-corrected chi connectivity index (χ4v) is 15.9. The normalized spacial score (nSPS) is 11.1. The molecular formula is C138H163ClF8O3. The molecule has 0 aliphatic carbocycles. The van der Waals surface area contributed by atoms with E-state index >= 15 is 0 Å². The summed E-state index contributed by atoms with van der Waals surface area (Å²) in [5.74, 6) is 9.54. The molecule has 0 aromatic heterocycles. The summed E-state index contributed by atoms with van der Waals surface area (Å²) in [7, 11) is 1.47. The van der Waals surface area contributed by atoms with E-state index in [0.29, 0.717) is 83.3 Å². The quantitative estimate of drug-likeness (QED) is 0.0596. The molecule has 1 unspecified atom stereocenters. The number of aryl methyl sites for hydroxylation is 2. The zero-order chi connectivity index (χ0) is 112. The van der Waals surface area contributed by atoms with Crippen LogP contribution in [-0.2, 0) is 6.42 Å². The van der Waals surface area contributed by atoms with Crippen LogP contribution in [0.2, 0.25) is 5.02 Å². The highest BCUT2D eigenvalue weighted by Crippen LogP contribution is 2.35. The van der Waals surface area contributed by atoms with Crippen molar-refractivity contribution in [1.29, 1.82) is 0 Å². The average molecular weight is 2060 g/mol. The molecule has 150 heavy (non-hydrogen) atoms. The van der Waals surface area contributed by atoms with Crippen molar-refractivity contribution in [1.82, 2.24) is 0 Å². The first-order valence-corrected chi connectivity index (χ1v) is 52.9. The Morgan fingerprint density at radius 3 is 1.13 bits per heavy atom. The predicted octanol–water partition coefficient (Wildman–Crippen LogP) is 43.3. The number of alkyl halides is 5. The van der Waals surface area contributed by atoms with Gasteiger partial charge in [-0.25, -0.2) is 17.6 Å². The van der Waals surface area contributed by atoms with Crippen molar-refractivity contribution in [2.24, 2.45) is 0 Å². The topological polar surface area (TPSA) is 27.7 Å². The molecule has 0 heterocycles. The van der Waals surface area contributed by atoms with Gasteiger partial charge in [0.05, 0.1) is 12.7 Å². The molecule has 0 N–H and O–H groups in total. The van der Waals surface area contributed by atoms with Crippen LogP contribution in [0.4, 0.5) is 35.1 Å². The number of rotatable bonds is 19. The Morgan fingerprint density at radius 1 is 0.287 bits per heavy atom. The SMILES string of the molecule is C#Cc1cc(C(C)C)ccc1F.C#Cc1cccc(C(C)C)c1.CC(C)c1cc2ccccc2cc1Cl.CC(C)c1ccc(F)c(OC(C)(F)F)c1.CC(C)c1ccc2ccccc2c1.CC(C)c1cccc(C(C)F)c1.CC(C)c1cccc(OC(C)(F)F)c1.CC(C)c1cccc2ccccc12.CC(C)c1ccccc1.CCc1cccc(C(C)C)c1.COc1cc(C(C)C)ccc1F.Cc1ccc(C(C)C)c2ccccc12. The third-order valence-electron chi connectivity index (χ3n) is 24.8. The van der Waals surface area contributed by atoms with Gasteiger partial charge in [-0.3, -0.25) is 0 Å². The standard InChI is InChI=1S/C14H16.C13H13Cl.2C13H14.C11H13F3O.C11H14F2O.C11H15F.C11H11F.C11H16.C11H12.C10H13FO.C9H12/c1-10(2)12-9-8-11(3)13-6-4-5-7-14(12)13;1-9(2)12-7-10-5-3-4-6-11(10)8-13(12)14;1-10(2)12-9-5-7-11-6-3-4-8-13(11)12;1-10(2)12-8-7-11-5-3-4-6-13(11)9-12;1-7(2)8-4-5-9(12)10(6-8)15-11(3,13)14;1-8(2)9-5-4-6-10(7-9)14-11(3,12)13;1-8(2)10-5-4-6-11(7-10)9(3)12;1-4-9-7-10(8(2)3)5-6-11(9)12;2*1-4-10-6-5-7-11(8-10)9(2)3;1-7(2)8-4-5-9(11)10(6-8)12-3;1-8(2)9-6-4-3-5-7-9/h4-10H,1-3H3;3-9H,1-2H3;2*3-10H,1-2H3;4-7H,1-3H3;4-8H,1-3H3;4-9H,1-3H3;1,5-8H,2-3H3;5-9H,4H2,1-3H3;1,5-9H,2-3H3;4-7H,1-3H3;3-8H,1-2H3. The van der Waals surface area contributed by atoms with Crippen molar-refractivity contribution in [3.63, 3.8) is 0 Å². The van der Waals surface area contributed by atoms with Crippen LogP contribution >= 0.6 is 11.6 Å². The Balaban J connectivity index is 0.000000288. The second-order valence-electron chi connectivity index (χ2n) is 41.2. The highest BCUT2D eigenvalue weighted by atomic mass is 35.5. The zero-order valence-corrected chi connectivity index (χ0v) is 95.1. The number of terminal acetylenes is 2. The lowest BCUT2D eigenvalue weighted by atomic mass is 9.94. The van der Waals surface area contributed by atoms with Gasteiger partial charge in [0.15, 0.2) is 23.1 Å². The van der Waals surface area contributed by atoms with Gasteiger partial charge in [-0.05, 0) is 291 Å². The smallest absolute Gasteiger partial charge is 0.395 e. The molecule has 12 heteroatoms. The minimum absolute atomic E-state index is 0.137. The molecule has 0 aliphatic heterocycles. The molecule has 0 amide bonds. The Morgan fingerprint density at radius 2 is 0.653 bits per heavy atom. The molecular weight excluding hydrogens is 1890 g/mol. The minimum Gasteiger partial charge on any atom is -0.494 e. The molecule has 16 rings (SSSR count). The third-order valence-corrected chi connectivity index (χ3v) is 25.1. The first-order chi connectivity index (χ1) is 70.8. The Kier molecular flexibility index (Phi) is 54.6. The number of halogens is 9. The Hall–Kier alpha value is -13.2. The summed E-state index contributed by atoms with van der Waals surface area (Å²) in [6.45, 7) is 58.4. The van der Waals surface area contributed by atoms with Crippen LogP contribution in [0.25, 0.3) is 43.1 Å². The molecule has 3 nitrogen and oxygen atoms in total. The highest BCUT2D eigenvalue weighted by molar-refractivity contribution is 6.32. The second kappa shape index (κ2) is 64.4. The van der Waals surface area contributed by atoms with Crippen molar-refractivity contribution >= 4 is 54.7 Å². The molecule has 796 valence electrons. The third kappa shape index (κ3) is 44.9. The summed E-state index contributed by atoms with van der Waals surface area (Å²) < 4.78 is 115. The molecule has 0 bridgehead atoms. The number of methoxy groups -OCH3 is 1. The molecule has 0 fully saturated rings. The summed E-state index contributed by atoms with van der Waals surface area (Å²) in [6.07, 6.45) is 4.20. The van der Waals surface area contributed by atoms with E-state index in [1.807, 2.05) is 102 Å². The van der Waals surface area contributed by atoms with Crippen LogP contribution in [0.5, 0.6) is 17.2 Å². The first kappa shape index (κ1) is 127. The number of fused-ring (bicyclic) bond motifs is 4. The zero-order valence-electron chi connectivity index (χ0n) is 94.3. The Labute approximate surface area is 900 Å². The van der Waals surface area contributed by atoms with E-state index in [2.05, 4.69) is 366 Å². The van der Waals surface area contributed by atoms with Crippen molar-refractivity contribution in [2.75, 3.05) is 7.11 Å². The first-order valence-electron chi connectivity index (χ1n) is 52.5. The molecule has 1 atom stereocenters. The molecule has 0 aliphatic rings. The molecule has 0 saturated carbocycles. The molecule has 16 aromatic carbocycles. The summed E-state index contributed by atoms with van der Waals surface area (Å²) in [6, 6.07) is 112. The minimum atomic E-state index is -3.36. The van der Waals surface area contributed by atoms with Gasteiger partial charge in [-0.1, -0.05) is 463 Å². The van der Waals surface area contributed by atoms with Gasteiger partial charge in [0.25, 0.3) is 0 Å². The highest BCUT2D eigenvalue weighted by Gasteiger charge is 2.26. The lowest BCUT2D eigenvalue weighted by molar-refractivity contribution is -0.160. The molecule has 0 saturated heterocycles. The van der Waals surface area contributed by atoms with Gasteiger partial charge in [0.1, 0.15) is 17.7 Å². The van der Waals surface area contributed by atoms with Gasteiger partial charge in [0.2, 0.25) is 0 Å². The van der Waals surface area contributed by atoms with E-state index in [-0.39, 0.29) is 23.3 Å². The van der Waals surface area contributed by atoms with Gasteiger partial charge in [-0.15, -0.1) is 12.8 Å². The molecule has 0 spiro atoms. The van der Waals surface area contributed by atoms with E-state index in [1.165, 1.54) is 130 Å². The predicted molar refractivity (Wildman–Crippen MR) is 630 cm³/mol. The van der Waals surface area contributed by atoms with Crippen LogP contribution in [0.3, 0.4) is 0 Å². The number of hydrogen-bond donors (Lipinski definition) is 0. The maximum absolute atomic E-state index is 13.1. The maximum Gasteiger partial charge on any atom is 0.395 e. The largest absolute Gasteiger partial charge is 0.494 e. The molecule has 16 aromatic rings. The van der Waals surface area contributed by atoms with Crippen molar-refractivity contribution < 1.29 is 49.3 Å². The summed E-state index contributed by atoms with van der Waals surface area (Å²) in [5.41, 5.74) is 19.7. The van der Waals surface area contributed by atoms with Crippen molar-refractivity contribution in [2.45, 2.75) is 297 Å². The molecule has 0 radical (unpaired) electrons. The fourth-order valence-electron chi connectivity index (χ4n) is 15.5.